The zero-order valence-corrected chi connectivity index (χ0v) is 11.9. The Morgan fingerprint density at radius 2 is 2.00 bits per heavy atom. The number of nitrogens with zero attached hydrogens (tertiary/aromatic N) is 2. The molecule has 6 heteroatoms. The van der Waals surface area contributed by atoms with E-state index in [1.165, 1.54) is 0 Å². The van der Waals surface area contributed by atoms with Crippen molar-refractivity contribution < 1.29 is 10.0 Å². The highest BCUT2D eigenvalue weighted by molar-refractivity contribution is 6.05. The van der Waals surface area contributed by atoms with Gasteiger partial charge in [0, 0.05) is 13.1 Å². The molecule has 0 aliphatic heterocycles. The number of carbonyl (C=O) groups is 1. The van der Waals surface area contributed by atoms with Gasteiger partial charge in [0.05, 0.1) is 0 Å². The lowest BCUT2D eigenvalue weighted by Gasteiger charge is -2.24. The second-order valence-corrected chi connectivity index (χ2v) is 4.80. The van der Waals surface area contributed by atoms with Crippen molar-refractivity contribution in [1.29, 1.82) is 0 Å². The van der Waals surface area contributed by atoms with Gasteiger partial charge in [-0.25, -0.2) is 0 Å². The maximum absolute atomic E-state index is 11.9. The van der Waals surface area contributed by atoms with Gasteiger partial charge in [-0.1, -0.05) is 19.0 Å². The van der Waals surface area contributed by atoms with Crippen LogP contribution in [-0.4, -0.2) is 48.0 Å². The van der Waals surface area contributed by atoms with Gasteiger partial charge in [0.2, 0.25) is 5.91 Å². The highest BCUT2D eigenvalue weighted by atomic mass is 16.4. The first-order chi connectivity index (χ1) is 8.39. The van der Waals surface area contributed by atoms with Gasteiger partial charge >= 0.3 is 0 Å². The van der Waals surface area contributed by atoms with Crippen LogP contribution >= 0.6 is 0 Å². The van der Waals surface area contributed by atoms with Crippen molar-refractivity contribution in [3.8, 4) is 0 Å². The maximum Gasteiger partial charge on any atom is 0.233 e. The third-order valence-electron chi connectivity index (χ3n) is 3.02. The monoisotopic (exact) mass is 258 g/mol. The molecule has 106 valence electrons. The second kappa shape index (κ2) is 7.92. The number of likely N-dealkylation sites (N-methyl/N-ethyl adjacent to an activating group) is 1. The largest absolute Gasteiger partial charge is 0.409 e. The van der Waals surface area contributed by atoms with Crippen molar-refractivity contribution >= 4 is 11.7 Å². The summed E-state index contributed by atoms with van der Waals surface area (Å²) in [6, 6.07) is 0. The van der Waals surface area contributed by atoms with Crippen LogP contribution in [0.2, 0.25) is 0 Å². The number of oxime groups is 1. The van der Waals surface area contributed by atoms with Crippen molar-refractivity contribution in [3.63, 3.8) is 0 Å². The van der Waals surface area contributed by atoms with Crippen LogP contribution in [0.15, 0.2) is 5.16 Å². The summed E-state index contributed by atoms with van der Waals surface area (Å²) in [6.45, 7) is 10.8. The van der Waals surface area contributed by atoms with Crippen LogP contribution in [0.4, 0.5) is 0 Å². The van der Waals surface area contributed by atoms with Gasteiger partial charge in [-0.05, 0) is 33.4 Å². The van der Waals surface area contributed by atoms with E-state index in [1.807, 2.05) is 0 Å². The molecule has 0 aromatic carbocycles. The molecular formula is C12H26N4O2. The van der Waals surface area contributed by atoms with E-state index in [9.17, 15) is 4.79 Å². The van der Waals surface area contributed by atoms with Crippen LogP contribution in [0.25, 0.3) is 0 Å². The fraction of sp³-hybridized carbons (Fsp3) is 0.833. The molecule has 0 radical (unpaired) electrons. The predicted octanol–water partition coefficient (Wildman–Crippen LogP) is 0.607. The first-order valence-electron chi connectivity index (χ1n) is 6.38. The van der Waals surface area contributed by atoms with Gasteiger partial charge in [-0.15, -0.1) is 0 Å². The summed E-state index contributed by atoms with van der Waals surface area (Å²) in [5.41, 5.74) is 4.50. The number of amides is 1. The number of hydrogen-bond acceptors (Lipinski definition) is 4. The molecule has 0 saturated carbocycles. The number of hydrogen-bond donors (Lipinski definition) is 3. The minimum absolute atomic E-state index is 0.0825. The molecule has 0 bridgehead atoms. The zero-order chi connectivity index (χ0) is 14.2. The summed E-state index contributed by atoms with van der Waals surface area (Å²) in [7, 11) is 0. The zero-order valence-electron chi connectivity index (χ0n) is 11.9. The Bertz CT molecular complexity index is 290. The standard InChI is InChI=1S/C12H26N4O2/c1-5-8-16(6-2)9-7-14-11(17)12(3,4)10(13)15-18/h18H,5-9H2,1-4H3,(H2,13,15)(H,14,17). The molecule has 4 N–H and O–H groups in total. The van der Waals surface area contributed by atoms with Gasteiger partial charge in [0.1, 0.15) is 5.41 Å². The first-order valence-corrected chi connectivity index (χ1v) is 6.38. The molecule has 18 heavy (non-hydrogen) atoms. The molecular weight excluding hydrogens is 232 g/mol. The molecule has 0 aromatic rings. The average molecular weight is 258 g/mol. The van der Waals surface area contributed by atoms with E-state index in [-0.39, 0.29) is 11.7 Å². The van der Waals surface area contributed by atoms with Gasteiger partial charge in [-0.2, -0.15) is 0 Å². The topological polar surface area (TPSA) is 91.0 Å². The number of amidine groups is 1. The Morgan fingerprint density at radius 3 is 2.44 bits per heavy atom. The Kier molecular flexibility index (Phi) is 7.35. The van der Waals surface area contributed by atoms with E-state index in [1.54, 1.807) is 13.8 Å². The second-order valence-electron chi connectivity index (χ2n) is 4.80. The highest BCUT2D eigenvalue weighted by Crippen LogP contribution is 2.14. The van der Waals surface area contributed by atoms with Crippen LogP contribution in [0.3, 0.4) is 0 Å². The van der Waals surface area contributed by atoms with Crippen molar-refractivity contribution in [2.75, 3.05) is 26.2 Å². The van der Waals surface area contributed by atoms with Crippen molar-refractivity contribution in [2.24, 2.45) is 16.3 Å². The van der Waals surface area contributed by atoms with Crippen molar-refractivity contribution in [3.05, 3.63) is 0 Å². The summed E-state index contributed by atoms with van der Waals surface area (Å²) in [6.07, 6.45) is 1.09. The predicted molar refractivity (Wildman–Crippen MR) is 72.6 cm³/mol. The van der Waals surface area contributed by atoms with Gasteiger partial charge < -0.3 is 21.2 Å². The fourth-order valence-electron chi connectivity index (χ4n) is 1.53. The van der Waals surface area contributed by atoms with Crippen LogP contribution in [-0.2, 0) is 4.79 Å². The number of nitrogens with two attached hydrogens (primary N) is 1. The minimum atomic E-state index is -0.990. The molecule has 0 aromatic heterocycles. The van der Waals surface area contributed by atoms with Gasteiger partial charge in [0.25, 0.3) is 0 Å². The highest BCUT2D eigenvalue weighted by Gasteiger charge is 2.32. The quantitative estimate of drug-likeness (QED) is 0.257. The van der Waals surface area contributed by atoms with Gasteiger partial charge in [0.15, 0.2) is 5.84 Å². The fourth-order valence-corrected chi connectivity index (χ4v) is 1.53. The minimum Gasteiger partial charge on any atom is -0.409 e. The van der Waals surface area contributed by atoms with Crippen LogP contribution in [0.5, 0.6) is 0 Å². The summed E-state index contributed by atoms with van der Waals surface area (Å²) >= 11 is 0. The van der Waals surface area contributed by atoms with E-state index >= 15 is 0 Å². The molecule has 0 aliphatic carbocycles. The van der Waals surface area contributed by atoms with Crippen molar-refractivity contribution in [1.82, 2.24) is 10.2 Å². The summed E-state index contributed by atoms with van der Waals surface area (Å²) < 4.78 is 0. The Morgan fingerprint density at radius 1 is 1.39 bits per heavy atom. The van der Waals surface area contributed by atoms with E-state index < -0.39 is 5.41 Å². The van der Waals surface area contributed by atoms with E-state index in [4.69, 9.17) is 10.9 Å². The molecule has 0 unspecified atom stereocenters. The van der Waals surface area contributed by atoms with E-state index in [0.717, 1.165) is 26.1 Å². The van der Waals surface area contributed by atoms with Crippen molar-refractivity contribution in [2.45, 2.75) is 34.1 Å². The van der Waals surface area contributed by atoms with Crippen LogP contribution < -0.4 is 11.1 Å². The lowest BCUT2D eigenvalue weighted by molar-refractivity contribution is -0.126. The maximum atomic E-state index is 11.9. The molecule has 0 heterocycles. The first kappa shape index (κ1) is 16.7. The molecule has 0 spiro atoms. The SMILES string of the molecule is CCCN(CC)CCNC(=O)C(C)(C)C(N)=NO. The summed E-state index contributed by atoms with van der Waals surface area (Å²) in [4.78, 5) is 14.2. The Hall–Kier alpha value is -1.30. The normalized spacial score (nSPS) is 12.8. The number of nitrogens with one attached hydrogen (secondary N) is 1. The third kappa shape index (κ3) is 4.91. The Labute approximate surface area is 109 Å². The average Bonchev–Trinajstić information content (AvgIpc) is 2.36. The summed E-state index contributed by atoms with van der Waals surface area (Å²) in [5.74, 6) is -0.314. The molecule has 6 nitrogen and oxygen atoms in total. The number of rotatable bonds is 8. The van der Waals surface area contributed by atoms with Gasteiger partial charge in [-0.3, -0.25) is 4.79 Å². The molecule has 1 amide bonds. The Balaban J connectivity index is 4.18. The lowest BCUT2D eigenvalue weighted by atomic mass is 9.91. The molecule has 0 saturated heterocycles. The van der Waals surface area contributed by atoms with Crippen LogP contribution in [0.1, 0.15) is 34.1 Å². The molecule has 0 aliphatic rings. The number of carbonyl (C=O) groups excluding carboxylic acids is 1. The smallest absolute Gasteiger partial charge is 0.233 e. The molecule has 0 rings (SSSR count). The summed E-state index contributed by atoms with van der Waals surface area (Å²) in [5, 5.41) is 14.3. The van der Waals surface area contributed by atoms with Crippen LogP contribution in [0, 0.1) is 5.41 Å². The molecule has 0 atom stereocenters. The molecule has 0 fully saturated rings. The lowest BCUT2D eigenvalue weighted by Crippen LogP contribution is -2.47. The third-order valence-corrected chi connectivity index (χ3v) is 3.02. The van der Waals surface area contributed by atoms with E-state index in [0.29, 0.717) is 6.54 Å². The van der Waals surface area contributed by atoms with E-state index in [2.05, 4.69) is 29.2 Å².